The largest absolute Gasteiger partial charge is 0.444 e. The average Bonchev–Trinajstić information content (AvgIpc) is 2.60. The summed E-state index contributed by atoms with van der Waals surface area (Å²) in [6.07, 6.45) is 4.74. The van der Waals surface area contributed by atoms with Gasteiger partial charge in [0, 0.05) is 6.54 Å². The van der Waals surface area contributed by atoms with E-state index in [1.54, 1.807) is 0 Å². The maximum Gasteiger partial charge on any atom is 0.407 e. The van der Waals surface area contributed by atoms with Crippen LogP contribution in [0.3, 0.4) is 0 Å². The fourth-order valence-corrected chi connectivity index (χ4v) is 3.46. The fraction of sp³-hybridized carbons (Fsp3) is 0.857. The summed E-state index contributed by atoms with van der Waals surface area (Å²) >= 11 is 0. The summed E-state index contributed by atoms with van der Waals surface area (Å²) in [5, 5.41) is 2.71. The maximum absolute atomic E-state index is 11.8. The van der Waals surface area contributed by atoms with E-state index < -0.39 is 17.1 Å². The Morgan fingerprint density at radius 3 is 2.32 bits per heavy atom. The normalized spacial score (nSPS) is 28.2. The Balaban J connectivity index is 1.94. The van der Waals surface area contributed by atoms with Crippen molar-refractivity contribution in [2.75, 3.05) is 6.54 Å². The summed E-state index contributed by atoms with van der Waals surface area (Å²) < 4.78 is 5.19. The summed E-state index contributed by atoms with van der Waals surface area (Å²) in [6, 6.07) is 0. The topological polar surface area (TPSA) is 81.4 Å². The number of carbonyl (C=O) groups excluding carboxylic acids is 2. The summed E-state index contributed by atoms with van der Waals surface area (Å²) in [5.74, 6) is -0.287. The first kappa shape index (κ1) is 14.2. The van der Waals surface area contributed by atoms with Crippen LogP contribution in [0.2, 0.25) is 0 Å². The van der Waals surface area contributed by atoms with Crippen LogP contribution in [0.5, 0.6) is 0 Å². The molecule has 0 heterocycles. The Kier molecular flexibility index (Phi) is 3.27. The van der Waals surface area contributed by atoms with Crippen molar-refractivity contribution in [3.63, 3.8) is 0 Å². The molecular formula is C14H24N2O3. The van der Waals surface area contributed by atoms with Crippen LogP contribution in [0.4, 0.5) is 4.79 Å². The molecule has 5 heteroatoms. The molecule has 2 amide bonds. The van der Waals surface area contributed by atoms with Crippen molar-refractivity contribution in [1.29, 1.82) is 0 Å². The van der Waals surface area contributed by atoms with Crippen molar-refractivity contribution < 1.29 is 14.3 Å². The van der Waals surface area contributed by atoms with Gasteiger partial charge in [-0.05, 0) is 45.4 Å². The van der Waals surface area contributed by atoms with E-state index in [1.807, 2.05) is 20.8 Å². The Morgan fingerprint density at radius 1 is 1.26 bits per heavy atom. The van der Waals surface area contributed by atoms with Gasteiger partial charge in [0.15, 0.2) is 0 Å². The molecule has 2 saturated carbocycles. The van der Waals surface area contributed by atoms with Gasteiger partial charge in [-0.25, -0.2) is 4.79 Å². The van der Waals surface area contributed by atoms with Crippen LogP contribution in [0.1, 0.15) is 52.9 Å². The summed E-state index contributed by atoms with van der Waals surface area (Å²) in [5.41, 5.74) is 4.55. The second kappa shape index (κ2) is 4.39. The molecule has 19 heavy (non-hydrogen) atoms. The zero-order valence-electron chi connectivity index (χ0n) is 12.0. The van der Waals surface area contributed by atoms with Gasteiger partial charge < -0.3 is 15.8 Å². The van der Waals surface area contributed by atoms with Crippen LogP contribution < -0.4 is 11.1 Å². The van der Waals surface area contributed by atoms with Crippen molar-refractivity contribution in [3.8, 4) is 0 Å². The average molecular weight is 268 g/mol. The van der Waals surface area contributed by atoms with Gasteiger partial charge >= 0.3 is 6.09 Å². The van der Waals surface area contributed by atoms with Gasteiger partial charge in [0.25, 0.3) is 0 Å². The van der Waals surface area contributed by atoms with Gasteiger partial charge in [-0.3, -0.25) is 4.79 Å². The number of nitrogens with two attached hydrogens (primary N) is 1. The molecule has 2 rings (SSSR count). The number of alkyl carbamates (subject to hydrolysis) is 1. The van der Waals surface area contributed by atoms with Crippen molar-refractivity contribution >= 4 is 12.0 Å². The van der Waals surface area contributed by atoms with Crippen LogP contribution >= 0.6 is 0 Å². The second-order valence-corrected chi connectivity index (χ2v) is 6.97. The van der Waals surface area contributed by atoms with Gasteiger partial charge in [0.1, 0.15) is 5.60 Å². The minimum absolute atomic E-state index is 0.0495. The molecule has 0 aliphatic heterocycles. The molecule has 0 saturated heterocycles. The molecule has 0 aromatic heterocycles. The highest BCUT2D eigenvalue weighted by molar-refractivity contribution is 5.86. The number of hydrogen-bond acceptors (Lipinski definition) is 3. The molecule has 0 radical (unpaired) electrons. The highest BCUT2D eigenvalue weighted by Crippen LogP contribution is 2.71. The lowest BCUT2D eigenvalue weighted by Gasteiger charge is -2.23. The third kappa shape index (κ3) is 2.55. The van der Waals surface area contributed by atoms with Crippen LogP contribution in [0.15, 0.2) is 0 Å². The van der Waals surface area contributed by atoms with Crippen molar-refractivity contribution in [3.05, 3.63) is 0 Å². The number of hydrogen-bond donors (Lipinski definition) is 2. The molecule has 0 aromatic carbocycles. The lowest BCUT2D eigenvalue weighted by molar-refractivity contribution is -0.124. The summed E-state index contributed by atoms with van der Waals surface area (Å²) in [6.45, 7) is 5.74. The first-order chi connectivity index (χ1) is 8.71. The van der Waals surface area contributed by atoms with Gasteiger partial charge in [0.2, 0.25) is 5.91 Å². The molecule has 2 aliphatic carbocycles. The standard InChI is InChI=1S/C14H24N2O3/c1-12(2,3)19-11(18)16-9-14(10(15)17)8-13(14)6-4-5-7-13/h4-9H2,1-3H3,(H2,15,17)(H,16,18). The van der Waals surface area contributed by atoms with Crippen molar-refractivity contribution in [2.45, 2.75) is 58.5 Å². The minimum Gasteiger partial charge on any atom is -0.444 e. The summed E-state index contributed by atoms with van der Waals surface area (Å²) in [4.78, 5) is 23.4. The summed E-state index contributed by atoms with van der Waals surface area (Å²) in [7, 11) is 0. The molecule has 1 unspecified atom stereocenters. The van der Waals surface area contributed by atoms with E-state index in [2.05, 4.69) is 5.32 Å². The van der Waals surface area contributed by atoms with Gasteiger partial charge in [-0.1, -0.05) is 12.8 Å². The van der Waals surface area contributed by atoms with E-state index in [-0.39, 0.29) is 11.3 Å². The van der Waals surface area contributed by atoms with E-state index in [0.717, 1.165) is 32.1 Å². The van der Waals surface area contributed by atoms with E-state index in [1.165, 1.54) is 0 Å². The molecule has 5 nitrogen and oxygen atoms in total. The first-order valence-corrected chi connectivity index (χ1v) is 6.98. The smallest absolute Gasteiger partial charge is 0.407 e. The molecule has 2 fully saturated rings. The number of amides is 2. The fourth-order valence-electron chi connectivity index (χ4n) is 3.46. The van der Waals surface area contributed by atoms with E-state index in [4.69, 9.17) is 10.5 Å². The quantitative estimate of drug-likeness (QED) is 0.820. The maximum atomic E-state index is 11.8. The van der Waals surface area contributed by atoms with Crippen LogP contribution in [0.25, 0.3) is 0 Å². The zero-order chi connectivity index (χ0) is 14.3. The minimum atomic E-state index is -0.541. The van der Waals surface area contributed by atoms with Crippen molar-refractivity contribution in [2.24, 2.45) is 16.6 Å². The van der Waals surface area contributed by atoms with Gasteiger partial charge in [-0.2, -0.15) is 0 Å². The Morgan fingerprint density at radius 2 is 1.84 bits per heavy atom. The number of ether oxygens (including phenoxy) is 1. The predicted octanol–water partition coefficient (Wildman–Crippen LogP) is 1.95. The number of nitrogens with one attached hydrogen (secondary N) is 1. The predicted molar refractivity (Wildman–Crippen MR) is 71.4 cm³/mol. The molecule has 2 aliphatic rings. The Bertz CT molecular complexity index is 394. The Hall–Kier alpha value is -1.26. The SMILES string of the molecule is CC(C)(C)OC(=O)NCC1(C(N)=O)CC12CCCC2. The highest BCUT2D eigenvalue weighted by Gasteiger charge is 2.70. The van der Waals surface area contributed by atoms with Crippen LogP contribution in [0, 0.1) is 10.8 Å². The molecule has 1 spiro atoms. The molecule has 0 bridgehead atoms. The number of rotatable bonds is 3. The molecule has 3 N–H and O–H groups in total. The first-order valence-electron chi connectivity index (χ1n) is 6.98. The second-order valence-electron chi connectivity index (χ2n) is 6.97. The van der Waals surface area contributed by atoms with Gasteiger partial charge in [0.05, 0.1) is 5.41 Å². The number of primary amides is 1. The zero-order valence-corrected chi connectivity index (χ0v) is 12.0. The van der Waals surface area contributed by atoms with Crippen LogP contribution in [-0.2, 0) is 9.53 Å². The van der Waals surface area contributed by atoms with E-state index >= 15 is 0 Å². The third-order valence-electron chi connectivity index (χ3n) is 4.50. The Labute approximate surface area is 114 Å². The molecular weight excluding hydrogens is 244 g/mol. The lowest BCUT2D eigenvalue weighted by Crippen LogP contribution is -2.42. The molecule has 0 aromatic rings. The van der Waals surface area contributed by atoms with Crippen molar-refractivity contribution in [1.82, 2.24) is 5.32 Å². The lowest BCUT2D eigenvalue weighted by atomic mass is 9.90. The van der Waals surface area contributed by atoms with E-state index in [0.29, 0.717) is 6.54 Å². The van der Waals surface area contributed by atoms with Crippen LogP contribution in [-0.4, -0.2) is 24.1 Å². The molecule has 1 atom stereocenters. The number of carbonyl (C=O) groups is 2. The van der Waals surface area contributed by atoms with Gasteiger partial charge in [-0.15, -0.1) is 0 Å². The highest BCUT2D eigenvalue weighted by atomic mass is 16.6. The monoisotopic (exact) mass is 268 g/mol. The molecule has 108 valence electrons. The van der Waals surface area contributed by atoms with E-state index in [9.17, 15) is 9.59 Å². The third-order valence-corrected chi connectivity index (χ3v) is 4.50.